The van der Waals surface area contributed by atoms with Gasteiger partial charge in [0.05, 0.1) is 19.5 Å². The van der Waals surface area contributed by atoms with Crippen LogP contribution in [0.2, 0.25) is 0 Å². The summed E-state index contributed by atoms with van der Waals surface area (Å²) in [6.07, 6.45) is 5.03. The smallest absolute Gasteiger partial charge is 0.330 e. The summed E-state index contributed by atoms with van der Waals surface area (Å²) in [6, 6.07) is 13.4. The highest BCUT2D eigenvalue weighted by molar-refractivity contribution is 7.91. The molecular formula is C18H20N4O2S. The Kier molecular flexibility index (Phi) is 5.37. The van der Waals surface area contributed by atoms with Gasteiger partial charge in [-0.25, -0.2) is 9.55 Å². The Labute approximate surface area is 150 Å². The molecule has 0 saturated carbocycles. The number of nitrogens with zero attached hydrogens (tertiary/aromatic N) is 4. The molecule has 1 aromatic carbocycles. The molecule has 6 nitrogen and oxygen atoms in total. The molecule has 0 radical (unpaired) electrons. The monoisotopic (exact) mass is 356 g/mol. The molecule has 2 unspecified atom stereocenters. The summed E-state index contributed by atoms with van der Waals surface area (Å²) >= 11 is -1.38. The number of rotatable bonds is 6. The van der Waals surface area contributed by atoms with Crippen molar-refractivity contribution in [2.75, 3.05) is 21.2 Å². The molecule has 2 atom stereocenters. The topological polar surface area (TPSA) is 66.2 Å². The Morgan fingerprint density at radius 3 is 2.48 bits per heavy atom. The van der Waals surface area contributed by atoms with Crippen LogP contribution in [0.3, 0.4) is 0 Å². The van der Waals surface area contributed by atoms with E-state index in [-0.39, 0.29) is 5.37 Å². The van der Waals surface area contributed by atoms with E-state index in [1.165, 1.54) is 0 Å². The lowest BCUT2D eigenvalue weighted by Gasteiger charge is -2.26. The number of aromatic nitrogens is 3. The van der Waals surface area contributed by atoms with Gasteiger partial charge in [-0.2, -0.15) is 4.98 Å². The van der Waals surface area contributed by atoms with Gasteiger partial charge in [-0.1, -0.05) is 30.3 Å². The zero-order valence-electron chi connectivity index (χ0n) is 14.4. The standard InChI is InChI=1S/C18H20N4O2S/c1-21(2)17(14-7-5-4-6-8-14)25(23)18-19-11-12-22(18)16-10-9-15(24-3)13-20-16/h4-13,17H,1-3H3. The fourth-order valence-corrected chi connectivity index (χ4v) is 4.08. The lowest BCUT2D eigenvalue weighted by molar-refractivity contribution is 0.368. The molecule has 0 saturated heterocycles. The van der Waals surface area contributed by atoms with Crippen molar-refractivity contribution in [3.63, 3.8) is 0 Å². The van der Waals surface area contributed by atoms with Crippen molar-refractivity contribution in [2.45, 2.75) is 10.5 Å². The molecule has 130 valence electrons. The Hall–Kier alpha value is -2.35. The Bertz CT molecular complexity index is 805. The van der Waals surface area contributed by atoms with Crippen molar-refractivity contribution >= 4 is 11.2 Å². The van der Waals surface area contributed by atoms with Gasteiger partial charge in [-0.3, -0.25) is 4.90 Å². The van der Waals surface area contributed by atoms with E-state index in [0.717, 1.165) is 5.56 Å². The summed E-state index contributed by atoms with van der Waals surface area (Å²) in [5.41, 5.74) is 0.975. The zero-order chi connectivity index (χ0) is 17.8. The molecule has 3 aromatic rings. The summed E-state index contributed by atoms with van der Waals surface area (Å²) in [5.74, 6) is 1.31. The molecule has 0 aliphatic heterocycles. The number of benzene rings is 1. The highest BCUT2D eigenvalue weighted by Gasteiger charge is 2.33. The average Bonchev–Trinajstić information content (AvgIpc) is 3.12. The molecule has 2 aromatic heterocycles. The van der Waals surface area contributed by atoms with Gasteiger partial charge in [0.25, 0.3) is 0 Å². The van der Waals surface area contributed by atoms with Crippen LogP contribution in [-0.4, -0.2) is 45.2 Å². The van der Waals surface area contributed by atoms with Crippen molar-refractivity contribution in [3.05, 3.63) is 66.6 Å². The van der Waals surface area contributed by atoms with E-state index in [0.29, 0.717) is 16.7 Å². The van der Waals surface area contributed by atoms with Crippen molar-refractivity contribution in [2.24, 2.45) is 0 Å². The minimum atomic E-state index is -1.38. The average molecular weight is 356 g/mol. The van der Waals surface area contributed by atoms with Crippen LogP contribution in [0.15, 0.2) is 66.2 Å². The Balaban J connectivity index is 1.97. The molecule has 25 heavy (non-hydrogen) atoms. The van der Waals surface area contributed by atoms with E-state index >= 15 is 0 Å². The van der Waals surface area contributed by atoms with Crippen LogP contribution in [-0.2, 0) is 11.2 Å². The molecule has 0 aliphatic rings. The first kappa shape index (κ1) is 17.5. The number of imidazole rings is 1. The second-order valence-corrected chi connectivity index (χ2v) is 7.07. The summed E-state index contributed by atoms with van der Waals surface area (Å²) in [7, 11) is 5.42. The number of hydrogen-bond donors (Lipinski definition) is 0. The van der Waals surface area contributed by atoms with Crippen molar-refractivity contribution in [3.8, 4) is 11.6 Å². The number of ether oxygens (including phenoxy) is 1. The highest BCUT2D eigenvalue weighted by atomic mass is 32.2. The molecule has 2 heterocycles. The molecule has 0 bridgehead atoms. The lowest BCUT2D eigenvalue weighted by atomic mass is 10.2. The van der Waals surface area contributed by atoms with E-state index in [1.54, 1.807) is 30.3 Å². The van der Waals surface area contributed by atoms with Crippen LogP contribution >= 0.6 is 0 Å². The van der Waals surface area contributed by atoms with Crippen LogP contribution in [0, 0.1) is 0 Å². The van der Waals surface area contributed by atoms with Crippen molar-refractivity contribution in [1.29, 1.82) is 0 Å². The van der Waals surface area contributed by atoms with Crippen molar-refractivity contribution in [1.82, 2.24) is 19.4 Å². The van der Waals surface area contributed by atoms with E-state index < -0.39 is 11.2 Å². The van der Waals surface area contributed by atoms with Gasteiger partial charge < -0.3 is 9.29 Å². The van der Waals surface area contributed by atoms with Crippen molar-refractivity contribution < 1.29 is 9.29 Å². The Morgan fingerprint density at radius 1 is 1.12 bits per heavy atom. The molecule has 0 N–H and O–H groups in total. The third-order valence-electron chi connectivity index (χ3n) is 3.75. The fourth-order valence-electron chi connectivity index (χ4n) is 2.58. The van der Waals surface area contributed by atoms with Crippen LogP contribution in [0.4, 0.5) is 0 Å². The Morgan fingerprint density at radius 2 is 1.88 bits per heavy atom. The van der Waals surface area contributed by atoms with Crippen LogP contribution in [0.25, 0.3) is 5.82 Å². The fraction of sp³-hybridized carbons (Fsp3) is 0.222. The SMILES string of the molecule is COc1ccc(-n2ccnc2[S+]([O-])C(c2ccccc2)N(C)C)nc1. The quantitative estimate of drug-likeness (QED) is 0.635. The molecule has 0 aliphatic carbocycles. The second kappa shape index (κ2) is 7.69. The summed E-state index contributed by atoms with van der Waals surface area (Å²) in [4.78, 5) is 10.6. The number of pyridine rings is 1. The normalized spacial score (nSPS) is 13.6. The molecule has 0 spiro atoms. The number of hydrogen-bond acceptors (Lipinski definition) is 5. The van der Waals surface area contributed by atoms with Crippen LogP contribution < -0.4 is 4.74 Å². The number of methoxy groups -OCH3 is 1. The third kappa shape index (κ3) is 3.68. The third-order valence-corrected chi connectivity index (χ3v) is 5.51. The van der Waals surface area contributed by atoms with Crippen LogP contribution in [0.5, 0.6) is 5.75 Å². The summed E-state index contributed by atoms with van der Waals surface area (Å²) in [5, 5.41) is 0.154. The molecule has 3 rings (SSSR count). The lowest BCUT2D eigenvalue weighted by Crippen LogP contribution is -2.29. The van der Waals surface area contributed by atoms with Gasteiger partial charge in [0.15, 0.2) is 0 Å². The second-order valence-electron chi connectivity index (χ2n) is 5.66. The van der Waals surface area contributed by atoms with Gasteiger partial charge in [-0.15, -0.1) is 0 Å². The maximum Gasteiger partial charge on any atom is 0.330 e. The van der Waals surface area contributed by atoms with E-state index in [1.807, 2.05) is 61.5 Å². The molecule has 0 amide bonds. The first-order chi connectivity index (χ1) is 12.1. The van der Waals surface area contributed by atoms with Gasteiger partial charge in [0.2, 0.25) is 5.37 Å². The minimum Gasteiger partial charge on any atom is -0.607 e. The highest BCUT2D eigenvalue weighted by Crippen LogP contribution is 2.30. The van der Waals surface area contributed by atoms with Gasteiger partial charge >= 0.3 is 5.16 Å². The van der Waals surface area contributed by atoms with Crippen LogP contribution in [0.1, 0.15) is 10.9 Å². The summed E-state index contributed by atoms with van der Waals surface area (Å²) in [6.45, 7) is 0. The molecular weight excluding hydrogens is 336 g/mol. The van der Waals surface area contributed by atoms with Gasteiger partial charge in [0.1, 0.15) is 11.6 Å². The molecule has 7 heteroatoms. The van der Waals surface area contributed by atoms with Gasteiger partial charge in [-0.05, 0) is 26.2 Å². The van der Waals surface area contributed by atoms with E-state index in [9.17, 15) is 4.55 Å². The first-order valence-corrected chi connectivity index (χ1v) is 8.99. The maximum absolute atomic E-state index is 13.3. The maximum atomic E-state index is 13.3. The largest absolute Gasteiger partial charge is 0.607 e. The van der Waals surface area contributed by atoms with E-state index in [2.05, 4.69) is 9.97 Å². The molecule has 0 fully saturated rings. The minimum absolute atomic E-state index is 0.305. The first-order valence-electron chi connectivity index (χ1n) is 7.77. The van der Waals surface area contributed by atoms with Gasteiger partial charge in [0, 0.05) is 22.9 Å². The van der Waals surface area contributed by atoms with E-state index in [4.69, 9.17) is 4.74 Å². The summed E-state index contributed by atoms with van der Waals surface area (Å²) < 4.78 is 20.2. The predicted molar refractivity (Wildman–Crippen MR) is 97.2 cm³/mol. The zero-order valence-corrected chi connectivity index (χ0v) is 15.2. The predicted octanol–water partition coefficient (Wildman–Crippen LogP) is 2.64.